The highest BCUT2D eigenvalue weighted by Gasteiger charge is 2.67. The molecule has 9 atom stereocenters. The van der Waals surface area contributed by atoms with Crippen LogP contribution in [0.4, 0.5) is 0 Å². The second kappa shape index (κ2) is 30.7. The molecule has 476 valence electrons. The van der Waals surface area contributed by atoms with Crippen LogP contribution in [0, 0.1) is 45.3 Å². The van der Waals surface area contributed by atoms with Gasteiger partial charge in [-0.2, -0.15) is 0 Å². The normalized spacial score (nSPS) is 28.3. The molecule has 0 amide bonds. The lowest BCUT2D eigenvalue weighted by atomic mass is 9.55. The smallest absolute Gasteiger partial charge is 0.306 e. The summed E-state index contributed by atoms with van der Waals surface area (Å²) in [5, 5.41) is 3.80. The number of hydrogen-bond donors (Lipinski definition) is 2. The van der Waals surface area contributed by atoms with E-state index < -0.39 is 92.7 Å². The number of ether oxygens (including phenoxy) is 7. The van der Waals surface area contributed by atoms with Crippen molar-refractivity contribution >= 4 is 58.9 Å². The minimum atomic E-state index is -1.42. The molecule has 0 aromatic heterocycles. The van der Waals surface area contributed by atoms with Gasteiger partial charge in [0.15, 0.2) is 0 Å². The summed E-state index contributed by atoms with van der Waals surface area (Å²) in [6.07, 6.45) is 4.48. The van der Waals surface area contributed by atoms with Crippen LogP contribution in [0.25, 0.3) is 0 Å². The van der Waals surface area contributed by atoms with Gasteiger partial charge in [-0.15, -0.1) is 0 Å². The van der Waals surface area contributed by atoms with E-state index in [9.17, 15) is 33.6 Å². The predicted molar refractivity (Wildman–Crippen MR) is 326 cm³/mol. The fourth-order valence-corrected chi connectivity index (χ4v) is 13.9. The highest BCUT2D eigenvalue weighted by Crippen LogP contribution is 2.63. The standard InChI is InChI=1S/C66H103N5O14/c1-16-31-79-47(72)26-23-43-55-41(8)58-63(12,30-29-50(75)82-34-19-4)46(38-51(76)83-35-20-5)60(70-58)66(15)65(14,40-53(78)85-37-22-7)45(25-28-49(74)81-33-18-3)56(71-66)42(9)59-64(13,39-52(77)84-36-21-6)44(24-27-48(73)80-32-17-2)57(69-59)54(67)61(68-55)62(43,10)11/h43-46,60,69H,16-40,67H2,1-15H3/b55-41?,57-54?,59-42-/t43-,44-,45-,46+,60-,63-,64+,65+,66+/m1/s1. The molecule has 0 saturated carbocycles. The summed E-state index contributed by atoms with van der Waals surface area (Å²) in [6, 6.07) is -0.921. The van der Waals surface area contributed by atoms with E-state index in [1.165, 1.54) is 0 Å². The Hall–Kier alpha value is -5.88. The van der Waals surface area contributed by atoms with Crippen molar-refractivity contribution in [3.63, 3.8) is 0 Å². The summed E-state index contributed by atoms with van der Waals surface area (Å²) in [7, 11) is 0. The van der Waals surface area contributed by atoms with Crippen molar-refractivity contribution in [3.8, 4) is 0 Å². The molecule has 3 N–H and O–H groups in total. The van der Waals surface area contributed by atoms with E-state index in [0.717, 1.165) is 0 Å². The van der Waals surface area contributed by atoms with E-state index in [-0.39, 0.29) is 122 Å². The molecule has 5 heterocycles. The molecule has 1 fully saturated rings. The maximum Gasteiger partial charge on any atom is 0.306 e. The minimum absolute atomic E-state index is 0.0225. The Labute approximate surface area is 506 Å². The molecule has 0 aliphatic carbocycles. The summed E-state index contributed by atoms with van der Waals surface area (Å²) >= 11 is 0. The number of fused-ring (bicyclic) bond motifs is 6. The van der Waals surface area contributed by atoms with Crippen molar-refractivity contribution in [2.24, 2.45) is 66.0 Å². The van der Waals surface area contributed by atoms with E-state index in [0.29, 0.717) is 96.7 Å². The van der Waals surface area contributed by atoms with Crippen LogP contribution in [0.2, 0.25) is 0 Å². The molecule has 0 spiro atoms. The number of carbonyl (C=O) groups is 7. The fourth-order valence-electron chi connectivity index (χ4n) is 13.9. The predicted octanol–water partition coefficient (Wildman–Crippen LogP) is 11.3. The molecule has 0 aromatic carbocycles. The third kappa shape index (κ3) is 15.5. The van der Waals surface area contributed by atoms with Crippen molar-refractivity contribution in [2.75, 3.05) is 46.2 Å². The van der Waals surface area contributed by atoms with E-state index in [4.69, 9.17) is 53.9 Å². The highest BCUT2D eigenvalue weighted by molar-refractivity contribution is 6.11. The Morgan fingerprint density at radius 1 is 0.506 bits per heavy atom. The largest absolute Gasteiger partial charge is 0.466 e. The molecule has 19 heteroatoms. The Kier molecular flexibility index (Phi) is 25.2. The highest BCUT2D eigenvalue weighted by atomic mass is 16.6. The van der Waals surface area contributed by atoms with Crippen LogP contribution in [0.1, 0.15) is 219 Å². The summed E-state index contributed by atoms with van der Waals surface area (Å²) in [6.45, 7) is 30.8. The van der Waals surface area contributed by atoms with Crippen LogP contribution in [0.15, 0.2) is 48.9 Å². The van der Waals surface area contributed by atoms with Gasteiger partial charge in [-0.1, -0.05) is 83.1 Å². The van der Waals surface area contributed by atoms with Crippen molar-refractivity contribution in [2.45, 2.75) is 231 Å². The Morgan fingerprint density at radius 2 is 0.929 bits per heavy atom. The quantitative estimate of drug-likeness (QED) is 0.0469. The van der Waals surface area contributed by atoms with Crippen molar-refractivity contribution in [1.82, 2.24) is 5.32 Å². The molecule has 5 aliphatic heterocycles. The van der Waals surface area contributed by atoms with Gasteiger partial charge < -0.3 is 44.2 Å². The van der Waals surface area contributed by atoms with Crippen LogP contribution < -0.4 is 11.1 Å². The average molecular weight is 1190 g/mol. The lowest BCUT2D eigenvalue weighted by Gasteiger charge is -2.48. The number of carbonyl (C=O) groups excluding carboxylic acids is 7. The first kappa shape index (κ1) is 69.9. The van der Waals surface area contributed by atoms with E-state index in [1.54, 1.807) is 0 Å². The van der Waals surface area contributed by atoms with Crippen molar-refractivity contribution < 1.29 is 66.7 Å². The number of esters is 7. The molecular formula is C66H103N5O14. The maximum absolute atomic E-state index is 14.7. The summed E-state index contributed by atoms with van der Waals surface area (Å²) in [5.41, 5.74) is 6.74. The Balaban J connectivity index is 2.06. The number of aliphatic imine (C=N–C) groups is 3. The van der Waals surface area contributed by atoms with Gasteiger partial charge >= 0.3 is 41.8 Å². The first-order valence-corrected chi connectivity index (χ1v) is 31.8. The molecule has 0 aromatic rings. The van der Waals surface area contributed by atoms with Crippen LogP contribution in [-0.4, -0.2) is 117 Å². The van der Waals surface area contributed by atoms with Gasteiger partial charge in [0.05, 0.1) is 88.5 Å². The lowest BCUT2D eigenvalue weighted by molar-refractivity contribution is -0.150. The van der Waals surface area contributed by atoms with Gasteiger partial charge in [-0.05, 0) is 103 Å². The van der Waals surface area contributed by atoms with Gasteiger partial charge in [0.2, 0.25) is 0 Å². The molecule has 19 nitrogen and oxygen atoms in total. The number of hydrogen-bond acceptors (Lipinski definition) is 19. The molecule has 8 bridgehead atoms. The number of allylic oxidation sites excluding steroid dienone is 6. The fraction of sp³-hybridized carbons (Fsp3) is 0.758. The Morgan fingerprint density at radius 3 is 1.41 bits per heavy atom. The second-order valence-electron chi connectivity index (χ2n) is 25.4. The number of nitrogens with zero attached hydrogens (tertiary/aromatic N) is 3. The van der Waals surface area contributed by atoms with Crippen LogP contribution in [-0.2, 0) is 66.7 Å². The van der Waals surface area contributed by atoms with Crippen LogP contribution >= 0.6 is 0 Å². The number of rotatable bonds is 32. The second-order valence-corrected chi connectivity index (χ2v) is 25.4. The Bertz CT molecular complexity index is 2650. The zero-order valence-corrected chi connectivity index (χ0v) is 54.2. The average Bonchev–Trinajstić information content (AvgIpc) is 1.57. The minimum Gasteiger partial charge on any atom is -0.466 e. The third-order valence-corrected chi connectivity index (χ3v) is 18.7. The molecule has 5 aliphatic rings. The monoisotopic (exact) mass is 1190 g/mol. The number of nitrogens with two attached hydrogens (primary N) is 1. The van der Waals surface area contributed by atoms with Gasteiger partial charge in [0.25, 0.3) is 0 Å². The zero-order valence-electron chi connectivity index (χ0n) is 54.2. The maximum atomic E-state index is 14.7. The number of nitrogens with one attached hydrogen (secondary N) is 1. The van der Waals surface area contributed by atoms with Gasteiger partial charge in [0, 0.05) is 99.5 Å². The summed E-state index contributed by atoms with van der Waals surface area (Å²) < 4.78 is 40.6. The summed E-state index contributed by atoms with van der Waals surface area (Å²) in [4.78, 5) is 116. The van der Waals surface area contributed by atoms with Gasteiger partial charge in [-0.3, -0.25) is 48.5 Å². The van der Waals surface area contributed by atoms with E-state index in [2.05, 4.69) is 5.32 Å². The lowest BCUT2D eigenvalue weighted by Crippen LogP contribution is -2.55. The van der Waals surface area contributed by atoms with Crippen LogP contribution in [0.3, 0.4) is 0 Å². The van der Waals surface area contributed by atoms with E-state index >= 15 is 0 Å². The zero-order chi connectivity index (χ0) is 63.1. The summed E-state index contributed by atoms with van der Waals surface area (Å²) in [5.74, 6) is -5.66. The molecule has 0 unspecified atom stereocenters. The first-order chi connectivity index (χ1) is 40.2. The molecule has 0 radical (unpaired) electrons. The van der Waals surface area contributed by atoms with E-state index in [1.807, 2.05) is 104 Å². The van der Waals surface area contributed by atoms with Crippen molar-refractivity contribution in [3.05, 3.63) is 33.9 Å². The first-order valence-electron chi connectivity index (χ1n) is 31.8. The molecule has 1 saturated heterocycles. The third-order valence-electron chi connectivity index (χ3n) is 18.7. The van der Waals surface area contributed by atoms with Gasteiger partial charge in [0.1, 0.15) is 0 Å². The SMILES string of the molecule is CCCOC(=O)CC[C@@H]1C2=C(C)C3=N[C@H]([C@H](CC(=O)OCCC)[C@@]3(C)CCC(=O)OCCC)[C@]3(C)N=C(/C(C)=C4\NC(=C(N)C(=N2)C1(C)C)[C@@H](CCC(=O)OCCC)[C@]4(C)CC(=O)OCCC)[C@@H](CCC(=O)OCCC)[C@]3(C)CC(=O)OCCC. The topological polar surface area (TPSA) is 259 Å². The molecule has 85 heavy (non-hydrogen) atoms. The molecule has 5 rings (SSSR count). The van der Waals surface area contributed by atoms with Gasteiger partial charge in [-0.25, -0.2) is 0 Å². The molecular weight excluding hydrogens is 1090 g/mol. The van der Waals surface area contributed by atoms with Crippen molar-refractivity contribution in [1.29, 1.82) is 0 Å². The van der Waals surface area contributed by atoms with Crippen LogP contribution in [0.5, 0.6) is 0 Å².